The molecule has 0 radical (unpaired) electrons. The number of hydrogen-bond donors (Lipinski definition) is 1. The first-order valence-electron chi connectivity index (χ1n) is 5.96. The van der Waals surface area contributed by atoms with Gasteiger partial charge in [0, 0.05) is 24.5 Å². The van der Waals surface area contributed by atoms with E-state index in [9.17, 15) is 0 Å². The maximum absolute atomic E-state index is 8.98. The van der Waals surface area contributed by atoms with Crippen molar-refractivity contribution in [1.29, 1.82) is 5.26 Å². The molecule has 0 aliphatic carbocycles. The zero-order valence-corrected chi connectivity index (χ0v) is 9.60. The number of nitrogen functional groups attached to an aromatic ring is 1. The van der Waals surface area contributed by atoms with Crippen molar-refractivity contribution < 1.29 is 4.74 Å². The van der Waals surface area contributed by atoms with Crippen LogP contribution in [0, 0.1) is 11.3 Å². The van der Waals surface area contributed by atoms with Gasteiger partial charge in [0.1, 0.15) is 6.07 Å². The normalized spacial score (nSPS) is 26.9. The van der Waals surface area contributed by atoms with E-state index >= 15 is 0 Å². The van der Waals surface area contributed by atoms with Crippen molar-refractivity contribution >= 4 is 11.4 Å². The molecule has 4 nitrogen and oxygen atoms in total. The SMILES string of the molecule is N#Cc1cc(N2CC3CCC(C2)O3)ccc1N. The number of anilines is 2. The van der Waals surface area contributed by atoms with E-state index in [0.29, 0.717) is 23.5 Å². The monoisotopic (exact) mass is 229 g/mol. The average molecular weight is 229 g/mol. The summed E-state index contributed by atoms with van der Waals surface area (Å²) in [6, 6.07) is 7.80. The molecule has 88 valence electrons. The predicted octanol–water partition coefficient (Wildman–Crippen LogP) is 1.51. The van der Waals surface area contributed by atoms with Crippen LogP contribution >= 0.6 is 0 Å². The standard InChI is InChI=1S/C13H15N3O/c14-6-9-5-10(1-4-13(9)15)16-7-11-2-3-12(8-16)17-11/h1,4-5,11-12H,2-3,7-8,15H2. The van der Waals surface area contributed by atoms with Crippen LogP contribution in [0.25, 0.3) is 0 Å². The van der Waals surface area contributed by atoms with Gasteiger partial charge in [0.2, 0.25) is 0 Å². The lowest BCUT2D eigenvalue weighted by atomic mass is 10.1. The first kappa shape index (κ1) is 10.4. The van der Waals surface area contributed by atoms with Gasteiger partial charge in [-0.3, -0.25) is 0 Å². The first-order valence-corrected chi connectivity index (χ1v) is 5.96. The summed E-state index contributed by atoms with van der Waals surface area (Å²) < 4.78 is 5.80. The molecule has 2 heterocycles. The molecule has 2 saturated heterocycles. The van der Waals surface area contributed by atoms with Crippen LogP contribution in [0.3, 0.4) is 0 Å². The van der Waals surface area contributed by atoms with Crippen molar-refractivity contribution in [1.82, 2.24) is 0 Å². The third-order valence-electron chi connectivity index (χ3n) is 3.57. The molecule has 2 N–H and O–H groups in total. The number of ether oxygens (including phenoxy) is 1. The summed E-state index contributed by atoms with van der Waals surface area (Å²) >= 11 is 0. The number of nitriles is 1. The molecule has 1 aromatic carbocycles. The second-order valence-corrected chi connectivity index (χ2v) is 4.75. The van der Waals surface area contributed by atoms with E-state index < -0.39 is 0 Å². The maximum Gasteiger partial charge on any atom is 0.101 e. The molecule has 3 rings (SSSR count). The average Bonchev–Trinajstić information content (AvgIpc) is 2.69. The second kappa shape index (κ2) is 3.94. The minimum Gasteiger partial charge on any atom is -0.398 e. The van der Waals surface area contributed by atoms with Gasteiger partial charge in [-0.2, -0.15) is 5.26 Å². The van der Waals surface area contributed by atoms with Crippen LogP contribution in [0.2, 0.25) is 0 Å². The number of rotatable bonds is 1. The summed E-state index contributed by atoms with van der Waals surface area (Å²) in [5, 5.41) is 8.98. The Kier molecular flexibility index (Phi) is 2.41. The predicted molar refractivity (Wildman–Crippen MR) is 65.7 cm³/mol. The molecule has 2 bridgehead atoms. The second-order valence-electron chi connectivity index (χ2n) is 4.75. The van der Waals surface area contributed by atoms with Crippen molar-refractivity contribution in [2.75, 3.05) is 23.7 Å². The van der Waals surface area contributed by atoms with Gasteiger partial charge in [0.05, 0.1) is 17.8 Å². The van der Waals surface area contributed by atoms with Crippen molar-refractivity contribution in [2.45, 2.75) is 25.0 Å². The highest BCUT2D eigenvalue weighted by Gasteiger charge is 2.33. The Morgan fingerprint density at radius 3 is 2.65 bits per heavy atom. The van der Waals surface area contributed by atoms with Gasteiger partial charge in [0.15, 0.2) is 0 Å². The molecule has 2 atom stereocenters. The number of nitrogens with zero attached hydrogens (tertiary/aromatic N) is 2. The summed E-state index contributed by atoms with van der Waals surface area (Å²) in [5.74, 6) is 0. The number of benzene rings is 1. The Balaban J connectivity index is 1.87. The quantitative estimate of drug-likeness (QED) is 0.741. The molecular formula is C13H15N3O. The van der Waals surface area contributed by atoms with E-state index in [1.54, 1.807) is 0 Å². The lowest BCUT2D eigenvalue weighted by Gasteiger charge is -2.34. The summed E-state index contributed by atoms with van der Waals surface area (Å²) in [4.78, 5) is 2.30. The van der Waals surface area contributed by atoms with E-state index in [0.717, 1.165) is 31.6 Å². The zero-order valence-electron chi connectivity index (χ0n) is 9.60. The Labute approximate surface area is 101 Å². The smallest absolute Gasteiger partial charge is 0.101 e. The first-order chi connectivity index (χ1) is 8.26. The van der Waals surface area contributed by atoms with Crippen molar-refractivity contribution in [2.24, 2.45) is 0 Å². The van der Waals surface area contributed by atoms with Crippen LogP contribution in [-0.2, 0) is 4.74 Å². The van der Waals surface area contributed by atoms with Gasteiger partial charge in [0.25, 0.3) is 0 Å². The van der Waals surface area contributed by atoms with Gasteiger partial charge >= 0.3 is 0 Å². The minimum absolute atomic E-state index is 0.358. The summed E-state index contributed by atoms with van der Waals surface area (Å²) in [6.45, 7) is 1.84. The highest BCUT2D eigenvalue weighted by molar-refractivity contribution is 5.63. The van der Waals surface area contributed by atoms with E-state index in [1.807, 2.05) is 18.2 Å². The fourth-order valence-electron chi connectivity index (χ4n) is 2.66. The minimum atomic E-state index is 0.358. The molecule has 4 heteroatoms. The Bertz CT molecular complexity index is 468. The van der Waals surface area contributed by atoms with E-state index in [1.165, 1.54) is 0 Å². The fraction of sp³-hybridized carbons (Fsp3) is 0.462. The maximum atomic E-state index is 8.98. The van der Waals surface area contributed by atoms with Crippen LogP contribution in [0.4, 0.5) is 11.4 Å². The molecular weight excluding hydrogens is 214 g/mol. The van der Waals surface area contributed by atoms with Crippen LogP contribution in [0.1, 0.15) is 18.4 Å². The molecule has 0 spiro atoms. The van der Waals surface area contributed by atoms with Gasteiger partial charge in [-0.05, 0) is 31.0 Å². The third kappa shape index (κ3) is 1.83. The Morgan fingerprint density at radius 2 is 2.00 bits per heavy atom. The summed E-state index contributed by atoms with van der Waals surface area (Å²) in [5.41, 5.74) is 7.92. The van der Waals surface area contributed by atoms with Crippen LogP contribution in [0.5, 0.6) is 0 Å². The largest absolute Gasteiger partial charge is 0.398 e. The molecule has 1 aromatic rings. The summed E-state index contributed by atoms with van der Waals surface area (Å²) in [7, 11) is 0. The number of hydrogen-bond acceptors (Lipinski definition) is 4. The highest BCUT2D eigenvalue weighted by atomic mass is 16.5. The Morgan fingerprint density at radius 1 is 1.29 bits per heavy atom. The van der Waals surface area contributed by atoms with Crippen LogP contribution in [-0.4, -0.2) is 25.3 Å². The van der Waals surface area contributed by atoms with Crippen molar-refractivity contribution in [3.05, 3.63) is 23.8 Å². The van der Waals surface area contributed by atoms with Crippen LogP contribution in [0.15, 0.2) is 18.2 Å². The topological polar surface area (TPSA) is 62.3 Å². The van der Waals surface area contributed by atoms with Crippen LogP contribution < -0.4 is 10.6 Å². The molecule has 2 fully saturated rings. The molecule has 0 amide bonds. The molecule has 2 unspecified atom stereocenters. The molecule has 17 heavy (non-hydrogen) atoms. The van der Waals surface area contributed by atoms with Gasteiger partial charge in [-0.1, -0.05) is 0 Å². The number of morpholine rings is 1. The van der Waals surface area contributed by atoms with E-state index in [4.69, 9.17) is 15.7 Å². The summed E-state index contributed by atoms with van der Waals surface area (Å²) in [6.07, 6.45) is 3.02. The van der Waals surface area contributed by atoms with Gasteiger partial charge < -0.3 is 15.4 Å². The zero-order chi connectivity index (χ0) is 11.8. The number of nitrogens with two attached hydrogens (primary N) is 1. The molecule has 0 saturated carbocycles. The fourth-order valence-corrected chi connectivity index (χ4v) is 2.66. The molecule has 2 aliphatic rings. The van der Waals surface area contributed by atoms with Gasteiger partial charge in [-0.25, -0.2) is 0 Å². The number of fused-ring (bicyclic) bond motifs is 2. The molecule has 2 aliphatic heterocycles. The van der Waals surface area contributed by atoms with E-state index in [2.05, 4.69) is 11.0 Å². The lowest BCUT2D eigenvalue weighted by Crippen LogP contribution is -2.42. The lowest BCUT2D eigenvalue weighted by molar-refractivity contribution is 0.0305. The van der Waals surface area contributed by atoms with Crippen molar-refractivity contribution in [3.8, 4) is 6.07 Å². The van der Waals surface area contributed by atoms with Gasteiger partial charge in [-0.15, -0.1) is 0 Å². The van der Waals surface area contributed by atoms with E-state index in [-0.39, 0.29) is 0 Å². The highest BCUT2D eigenvalue weighted by Crippen LogP contribution is 2.30. The van der Waals surface area contributed by atoms with Crippen molar-refractivity contribution in [3.63, 3.8) is 0 Å². The third-order valence-corrected chi connectivity index (χ3v) is 3.57. The molecule has 0 aromatic heterocycles. The Hall–Kier alpha value is -1.73.